The molecule has 2 aromatic rings. The summed E-state index contributed by atoms with van der Waals surface area (Å²) in [5.41, 5.74) is 5.15. The summed E-state index contributed by atoms with van der Waals surface area (Å²) < 4.78 is 29.6. The van der Waals surface area contributed by atoms with Gasteiger partial charge in [0.25, 0.3) is 0 Å². The Kier molecular flexibility index (Phi) is 2.89. The molecule has 0 amide bonds. The molecule has 0 radical (unpaired) electrons. The van der Waals surface area contributed by atoms with Gasteiger partial charge in [0.2, 0.25) is 0 Å². The molecule has 0 saturated heterocycles. The Morgan fingerprint density at radius 3 is 2.53 bits per heavy atom. The Bertz CT molecular complexity index is 507. The fraction of sp³-hybridized carbons (Fsp3) is 0.273. The van der Waals surface area contributed by atoms with Gasteiger partial charge in [0.05, 0.1) is 0 Å². The second kappa shape index (κ2) is 4.21. The van der Waals surface area contributed by atoms with Crippen LogP contribution in [0.2, 0.25) is 0 Å². The Hall–Kier alpha value is -1.82. The first-order valence-electron chi connectivity index (χ1n) is 5.09. The summed E-state index contributed by atoms with van der Waals surface area (Å²) in [5.74, 6) is -3.14. The minimum Gasteiger partial charge on any atom is -0.325 e. The van der Waals surface area contributed by atoms with Crippen LogP contribution in [0.5, 0.6) is 0 Å². The maximum Gasteiger partial charge on any atom is 0.316 e. The molecule has 0 spiro atoms. The topological polar surface area (TPSA) is 56.7 Å². The highest BCUT2D eigenvalue weighted by Crippen LogP contribution is 2.36. The number of hydrogen-bond donors (Lipinski definition) is 1. The number of hydrogen-bond acceptors (Lipinski definition) is 3. The van der Waals surface area contributed by atoms with Crippen LogP contribution in [0.1, 0.15) is 17.0 Å². The van der Waals surface area contributed by atoms with Crippen LogP contribution < -0.4 is 5.73 Å². The van der Waals surface area contributed by atoms with Crippen LogP contribution in [0.15, 0.2) is 30.3 Å². The molecule has 1 aromatic heterocycles. The molecule has 6 heteroatoms. The van der Waals surface area contributed by atoms with Crippen molar-refractivity contribution in [2.45, 2.75) is 12.5 Å². The maximum absolute atomic E-state index is 14.3. The van der Waals surface area contributed by atoms with Gasteiger partial charge in [0.1, 0.15) is 11.4 Å². The molecule has 0 saturated carbocycles. The van der Waals surface area contributed by atoms with Gasteiger partial charge in [0.15, 0.2) is 0 Å². The van der Waals surface area contributed by atoms with E-state index in [1.165, 1.54) is 19.2 Å². The fourth-order valence-corrected chi connectivity index (χ4v) is 1.71. The zero-order valence-corrected chi connectivity index (χ0v) is 9.27. The number of alkyl halides is 2. The lowest BCUT2D eigenvalue weighted by Crippen LogP contribution is -2.22. The predicted octanol–water partition coefficient (Wildman–Crippen LogP) is 1.41. The van der Waals surface area contributed by atoms with Crippen molar-refractivity contribution in [2.75, 3.05) is 0 Å². The van der Waals surface area contributed by atoms with Gasteiger partial charge in [0, 0.05) is 19.2 Å². The number of rotatable bonds is 3. The van der Waals surface area contributed by atoms with Crippen LogP contribution >= 0.6 is 0 Å². The molecule has 0 aliphatic carbocycles. The normalized spacial score (nSPS) is 11.8. The Labute approximate surface area is 97.0 Å². The Morgan fingerprint density at radius 1 is 1.29 bits per heavy atom. The van der Waals surface area contributed by atoms with Gasteiger partial charge < -0.3 is 5.73 Å². The summed E-state index contributed by atoms with van der Waals surface area (Å²) in [6.07, 6.45) is 0. The lowest BCUT2D eigenvalue weighted by molar-refractivity contribution is 0.0328. The van der Waals surface area contributed by atoms with Crippen molar-refractivity contribution in [1.82, 2.24) is 15.0 Å². The standard InChI is InChI=1S/C11H12F2N4/c1-17-10(9(7-14)15-16-17)11(12,13)8-5-3-2-4-6-8/h2-6H,7,14H2,1H3. The smallest absolute Gasteiger partial charge is 0.316 e. The quantitative estimate of drug-likeness (QED) is 0.879. The van der Waals surface area contributed by atoms with E-state index in [1.54, 1.807) is 18.2 Å². The van der Waals surface area contributed by atoms with Crippen LogP contribution in [0.4, 0.5) is 8.78 Å². The summed E-state index contributed by atoms with van der Waals surface area (Å²) >= 11 is 0. The van der Waals surface area contributed by atoms with Gasteiger partial charge in [-0.1, -0.05) is 35.5 Å². The summed E-state index contributed by atoms with van der Waals surface area (Å²) in [5, 5.41) is 7.22. The molecule has 2 rings (SSSR count). The first-order chi connectivity index (χ1) is 8.07. The van der Waals surface area contributed by atoms with E-state index in [4.69, 9.17) is 5.73 Å². The first-order valence-corrected chi connectivity index (χ1v) is 5.09. The molecule has 0 atom stereocenters. The van der Waals surface area contributed by atoms with E-state index in [-0.39, 0.29) is 23.5 Å². The summed E-state index contributed by atoms with van der Waals surface area (Å²) in [7, 11) is 1.43. The lowest BCUT2D eigenvalue weighted by atomic mass is 10.0. The molecule has 1 aromatic carbocycles. The third-order valence-corrected chi connectivity index (χ3v) is 2.52. The molecule has 0 aliphatic heterocycles. The number of aryl methyl sites for hydroxylation is 1. The molecule has 1 heterocycles. The van der Waals surface area contributed by atoms with E-state index < -0.39 is 5.92 Å². The zero-order chi connectivity index (χ0) is 12.5. The van der Waals surface area contributed by atoms with Crippen LogP contribution in [0, 0.1) is 0 Å². The summed E-state index contributed by atoms with van der Waals surface area (Å²) in [6.45, 7) is -0.0639. The number of nitrogens with zero attached hydrogens (tertiary/aromatic N) is 3. The van der Waals surface area contributed by atoms with Gasteiger partial charge in [-0.15, -0.1) is 5.10 Å². The van der Waals surface area contributed by atoms with E-state index in [9.17, 15) is 8.78 Å². The number of aromatic nitrogens is 3. The molecule has 90 valence electrons. The second-order valence-corrected chi connectivity index (χ2v) is 3.65. The molecule has 4 nitrogen and oxygen atoms in total. The summed E-state index contributed by atoms with van der Waals surface area (Å²) in [4.78, 5) is 0. The third-order valence-electron chi connectivity index (χ3n) is 2.52. The van der Waals surface area contributed by atoms with Gasteiger partial charge in [-0.05, 0) is 0 Å². The Morgan fingerprint density at radius 2 is 1.94 bits per heavy atom. The molecular formula is C11H12F2N4. The molecule has 2 N–H and O–H groups in total. The summed E-state index contributed by atoms with van der Waals surface area (Å²) in [6, 6.07) is 7.55. The lowest BCUT2D eigenvalue weighted by Gasteiger charge is -2.17. The highest BCUT2D eigenvalue weighted by molar-refractivity contribution is 5.31. The predicted molar refractivity (Wildman–Crippen MR) is 58.3 cm³/mol. The highest BCUT2D eigenvalue weighted by atomic mass is 19.3. The third kappa shape index (κ3) is 1.91. The number of halogens is 2. The first kappa shape index (κ1) is 11.7. The van der Waals surface area contributed by atoms with Crippen molar-refractivity contribution in [3.8, 4) is 0 Å². The van der Waals surface area contributed by atoms with Crippen molar-refractivity contribution in [1.29, 1.82) is 0 Å². The SMILES string of the molecule is Cn1nnc(CN)c1C(F)(F)c1ccccc1. The monoisotopic (exact) mass is 238 g/mol. The fourth-order valence-electron chi connectivity index (χ4n) is 1.71. The van der Waals surface area contributed by atoms with Crippen molar-refractivity contribution >= 4 is 0 Å². The zero-order valence-electron chi connectivity index (χ0n) is 9.27. The Balaban J connectivity index is 2.55. The van der Waals surface area contributed by atoms with Crippen LogP contribution in [0.3, 0.4) is 0 Å². The van der Waals surface area contributed by atoms with E-state index in [1.807, 2.05) is 0 Å². The van der Waals surface area contributed by atoms with Crippen LogP contribution in [0.25, 0.3) is 0 Å². The molecule has 0 aliphatic rings. The van der Waals surface area contributed by atoms with E-state index in [0.717, 1.165) is 4.68 Å². The molecular weight excluding hydrogens is 226 g/mol. The van der Waals surface area contributed by atoms with Gasteiger partial charge in [-0.25, -0.2) is 4.68 Å². The van der Waals surface area contributed by atoms with Crippen molar-refractivity contribution in [3.05, 3.63) is 47.3 Å². The molecule has 0 bridgehead atoms. The molecule has 0 unspecified atom stereocenters. The minimum atomic E-state index is -3.14. The van der Waals surface area contributed by atoms with Gasteiger partial charge in [-0.3, -0.25) is 0 Å². The number of nitrogens with two attached hydrogens (primary N) is 1. The largest absolute Gasteiger partial charge is 0.325 e. The van der Waals surface area contributed by atoms with Crippen LogP contribution in [-0.2, 0) is 19.5 Å². The van der Waals surface area contributed by atoms with Gasteiger partial charge in [-0.2, -0.15) is 8.78 Å². The average Bonchev–Trinajstić information content (AvgIpc) is 2.72. The maximum atomic E-state index is 14.3. The molecule has 0 fully saturated rings. The highest BCUT2D eigenvalue weighted by Gasteiger charge is 2.39. The minimum absolute atomic E-state index is 0.0639. The van der Waals surface area contributed by atoms with Gasteiger partial charge >= 0.3 is 5.92 Å². The van der Waals surface area contributed by atoms with Crippen molar-refractivity contribution in [3.63, 3.8) is 0 Å². The molecule has 17 heavy (non-hydrogen) atoms. The average molecular weight is 238 g/mol. The van der Waals surface area contributed by atoms with Crippen molar-refractivity contribution < 1.29 is 8.78 Å². The number of benzene rings is 1. The van der Waals surface area contributed by atoms with Crippen molar-refractivity contribution in [2.24, 2.45) is 12.8 Å². The second-order valence-electron chi connectivity index (χ2n) is 3.65. The van der Waals surface area contributed by atoms with E-state index >= 15 is 0 Å². The van der Waals surface area contributed by atoms with E-state index in [0.29, 0.717) is 0 Å². The van der Waals surface area contributed by atoms with Crippen LogP contribution in [-0.4, -0.2) is 15.0 Å². The van der Waals surface area contributed by atoms with E-state index in [2.05, 4.69) is 10.3 Å².